The van der Waals surface area contributed by atoms with Gasteiger partial charge in [0.2, 0.25) is 0 Å². The fourth-order valence-electron chi connectivity index (χ4n) is 0.440. The maximum atomic E-state index is 6.88. The van der Waals surface area contributed by atoms with Gasteiger partial charge in [0.05, 0.1) is 0 Å². The van der Waals surface area contributed by atoms with Gasteiger partial charge in [0.25, 0.3) is 6.26 Å². The van der Waals surface area contributed by atoms with E-state index in [2.05, 4.69) is 23.5 Å². The third-order valence-corrected chi connectivity index (χ3v) is 3.23. The molecule has 0 amide bonds. The lowest BCUT2D eigenvalue weighted by Crippen LogP contribution is -1.97. The van der Waals surface area contributed by atoms with Gasteiger partial charge >= 0.3 is 0 Å². The van der Waals surface area contributed by atoms with E-state index in [0.717, 1.165) is 6.26 Å². The first-order valence-electron chi connectivity index (χ1n) is 2.60. The average molecular weight is 163 g/mol. The Morgan fingerprint density at radius 2 is 1.33 bits per heavy atom. The van der Waals surface area contributed by atoms with Gasteiger partial charge in [-0.1, -0.05) is 0 Å². The van der Waals surface area contributed by atoms with Crippen LogP contribution in [-0.4, -0.2) is 28.1 Å². The van der Waals surface area contributed by atoms with Crippen molar-refractivity contribution in [3.8, 4) is 6.26 Å². The van der Waals surface area contributed by atoms with E-state index in [0.29, 0.717) is 0 Å². The molecule has 0 aromatic heterocycles. The molecule has 1 saturated heterocycles. The molecule has 0 atom stereocenters. The van der Waals surface area contributed by atoms with Crippen LogP contribution < -0.4 is 0 Å². The lowest BCUT2D eigenvalue weighted by Gasteiger charge is -2.05. The van der Waals surface area contributed by atoms with Crippen molar-refractivity contribution >= 4 is 23.5 Å². The second-order valence-corrected chi connectivity index (χ2v) is 3.77. The van der Waals surface area contributed by atoms with Crippen LogP contribution in [0.2, 0.25) is 0 Å². The Kier molecular flexibility index (Phi) is 7.98. The lowest BCUT2D eigenvalue weighted by atomic mass is 10.9. The normalized spacial score (nSPS) is 16.8. The van der Waals surface area contributed by atoms with Crippen LogP contribution in [-0.2, 0) is 0 Å². The van der Waals surface area contributed by atoms with Gasteiger partial charge in [-0.05, 0) is 0 Å². The molecule has 1 heterocycles. The molecule has 4 heteroatoms. The highest BCUT2D eigenvalue weighted by molar-refractivity contribution is 8.06. The first kappa shape index (κ1) is 8.99. The Labute approximate surface area is 63.6 Å². The molecule has 0 aliphatic carbocycles. The fraction of sp³-hybridized carbons (Fsp3) is 0.800. The SMILES string of the molecule is C1CSCCS1.N#CO. The summed E-state index contributed by atoms with van der Waals surface area (Å²) in [4.78, 5) is 0. The molecule has 2 nitrogen and oxygen atoms in total. The zero-order chi connectivity index (χ0) is 6.95. The summed E-state index contributed by atoms with van der Waals surface area (Å²) in [6.07, 6.45) is 0.750. The van der Waals surface area contributed by atoms with Crippen molar-refractivity contribution in [2.75, 3.05) is 23.0 Å². The summed E-state index contributed by atoms with van der Waals surface area (Å²) in [5, 5.41) is 13.8. The number of hydrogen-bond donors (Lipinski definition) is 1. The van der Waals surface area contributed by atoms with E-state index in [1.54, 1.807) is 0 Å². The van der Waals surface area contributed by atoms with Crippen molar-refractivity contribution in [1.82, 2.24) is 0 Å². The molecule has 0 bridgehead atoms. The minimum atomic E-state index is 0.750. The van der Waals surface area contributed by atoms with Crippen LogP contribution in [0.1, 0.15) is 0 Å². The monoisotopic (exact) mass is 163 g/mol. The van der Waals surface area contributed by atoms with Crippen molar-refractivity contribution in [3.05, 3.63) is 0 Å². The number of rotatable bonds is 0. The lowest BCUT2D eigenvalue weighted by molar-refractivity contribution is 0.503. The Balaban J connectivity index is 0.000000187. The van der Waals surface area contributed by atoms with Gasteiger partial charge < -0.3 is 5.11 Å². The maximum absolute atomic E-state index is 6.88. The zero-order valence-electron chi connectivity index (χ0n) is 5.04. The predicted molar refractivity (Wildman–Crippen MR) is 42.2 cm³/mol. The van der Waals surface area contributed by atoms with Gasteiger partial charge in [-0.25, -0.2) is 0 Å². The van der Waals surface area contributed by atoms with Crippen molar-refractivity contribution in [1.29, 1.82) is 5.26 Å². The highest BCUT2D eigenvalue weighted by Crippen LogP contribution is 2.14. The summed E-state index contributed by atoms with van der Waals surface area (Å²) in [6, 6.07) is 0. The number of nitrogens with zero attached hydrogens (tertiary/aromatic N) is 1. The molecule has 1 aliphatic heterocycles. The summed E-state index contributed by atoms with van der Waals surface area (Å²) in [5.74, 6) is 5.52. The largest absolute Gasteiger partial charge is 0.443 e. The summed E-state index contributed by atoms with van der Waals surface area (Å²) >= 11 is 4.15. The highest BCUT2D eigenvalue weighted by Gasteiger charge is 1.95. The standard InChI is InChI=1S/C4H8S2.CHNO/c1-2-6-4-3-5-1;2-1-3/h1-4H2;3H. The van der Waals surface area contributed by atoms with E-state index in [1.807, 2.05) is 0 Å². The van der Waals surface area contributed by atoms with Crippen molar-refractivity contribution in [2.45, 2.75) is 0 Å². The van der Waals surface area contributed by atoms with Crippen LogP contribution in [0.3, 0.4) is 0 Å². The molecule has 0 unspecified atom stereocenters. The maximum Gasteiger partial charge on any atom is 0.283 e. The van der Waals surface area contributed by atoms with Crippen LogP contribution >= 0.6 is 23.5 Å². The second kappa shape index (κ2) is 7.99. The van der Waals surface area contributed by atoms with Gasteiger partial charge in [0.15, 0.2) is 0 Å². The minimum absolute atomic E-state index is 0.750. The van der Waals surface area contributed by atoms with E-state index < -0.39 is 0 Å². The van der Waals surface area contributed by atoms with Crippen LogP contribution in [0, 0.1) is 11.5 Å². The third-order valence-electron chi connectivity index (χ3n) is 0.744. The van der Waals surface area contributed by atoms with E-state index in [-0.39, 0.29) is 0 Å². The molecular formula is C5H9NOS2. The van der Waals surface area contributed by atoms with Crippen molar-refractivity contribution < 1.29 is 5.11 Å². The van der Waals surface area contributed by atoms with Crippen LogP contribution in [0.5, 0.6) is 0 Å². The highest BCUT2D eigenvalue weighted by atomic mass is 32.2. The van der Waals surface area contributed by atoms with Crippen LogP contribution in [0.25, 0.3) is 0 Å². The summed E-state index contributed by atoms with van der Waals surface area (Å²) < 4.78 is 0. The number of thioether (sulfide) groups is 2. The molecule has 1 fully saturated rings. The molecule has 0 radical (unpaired) electrons. The van der Waals surface area contributed by atoms with Gasteiger partial charge in [0.1, 0.15) is 0 Å². The molecule has 0 aromatic rings. The third kappa shape index (κ3) is 7.99. The number of aliphatic hydroxyl groups excluding tert-OH is 1. The average Bonchev–Trinajstić information content (AvgIpc) is 1.93. The van der Waals surface area contributed by atoms with Gasteiger partial charge in [-0.15, -0.1) is 0 Å². The first-order chi connectivity index (χ1) is 4.41. The molecular weight excluding hydrogens is 154 g/mol. The van der Waals surface area contributed by atoms with E-state index in [1.165, 1.54) is 23.0 Å². The molecule has 1 N–H and O–H groups in total. The molecule has 0 aromatic carbocycles. The molecule has 0 saturated carbocycles. The molecule has 1 rings (SSSR count). The zero-order valence-corrected chi connectivity index (χ0v) is 6.67. The number of nitriles is 1. The Hall–Kier alpha value is -0.0100. The predicted octanol–water partition coefficient (Wildman–Crippen LogP) is 1.31. The minimum Gasteiger partial charge on any atom is -0.443 e. The quantitative estimate of drug-likeness (QED) is 0.547. The first-order valence-corrected chi connectivity index (χ1v) is 4.91. The molecule has 1 aliphatic rings. The van der Waals surface area contributed by atoms with Crippen LogP contribution in [0.15, 0.2) is 0 Å². The topological polar surface area (TPSA) is 44.0 Å². The van der Waals surface area contributed by atoms with E-state index in [4.69, 9.17) is 10.4 Å². The Morgan fingerprint density at radius 1 is 1.11 bits per heavy atom. The Morgan fingerprint density at radius 3 is 1.44 bits per heavy atom. The Bertz CT molecular complexity index is 75.9. The van der Waals surface area contributed by atoms with Gasteiger partial charge in [0, 0.05) is 23.0 Å². The van der Waals surface area contributed by atoms with Crippen molar-refractivity contribution in [2.24, 2.45) is 0 Å². The van der Waals surface area contributed by atoms with Crippen LogP contribution in [0.4, 0.5) is 0 Å². The number of aliphatic hydroxyl groups is 1. The molecule has 9 heavy (non-hydrogen) atoms. The summed E-state index contributed by atoms with van der Waals surface area (Å²) in [5.41, 5.74) is 0. The van der Waals surface area contributed by atoms with Gasteiger partial charge in [-0.2, -0.15) is 28.8 Å². The van der Waals surface area contributed by atoms with Crippen molar-refractivity contribution in [3.63, 3.8) is 0 Å². The summed E-state index contributed by atoms with van der Waals surface area (Å²) in [6.45, 7) is 0. The number of hydrogen-bond acceptors (Lipinski definition) is 4. The van der Waals surface area contributed by atoms with E-state index in [9.17, 15) is 0 Å². The van der Waals surface area contributed by atoms with E-state index >= 15 is 0 Å². The van der Waals surface area contributed by atoms with Gasteiger partial charge in [-0.3, -0.25) is 0 Å². The second-order valence-electron chi connectivity index (χ2n) is 1.32. The molecule has 52 valence electrons. The smallest absolute Gasteiger partial charge is 0.283 e. The summed E-state index contributed by atoms with van der Waals surface area (Å²) in [7, 11) is 0. The fourth-order valence-corrected chi connectivity index (χ4v) is 2.73. The molecule has 0 spiro atoms.